The van der Waals surface area contributed by atoms with Crippen LogP contribution in [0.3, 0.4) is 0 Å². The van der Waals surface area contributed by atoms with Gasteiger partial charge in [-0.05, 0) is 55.5 Å². The van der Waals surface area contributed by atoms with Crippen molar-refractivity contribution in [1.29, 1.82) is 0 Å². The molecule has 0 spiro atoms. The van der Waals surface area contributed by atoms with E-state index in [1.807, 2.05) is 42.5 Å². The molecule has 1 aliphatic rings. The molecule has 1 saturated heterocycles. The predicted octanol–water partition coefficient (Wildman–Crippen LogP) is 5.34. The minimum atomic E-state index is -0.576. The Balaban J connectivity index is 1.25. The molecule has 39 heavy (non-hydrogen) atoms. The molecular formula is C30H31N3O6. The fraction of sp³-hybridized carbons (Fsp3) is 0.267. The molecule has 9 nitrogen and oxygen atoms in total. The zero-order valence-electron chi connectivity index (χ0n) is 21.6. The zero-order chi connectivity index (χ0) is 27.6. The van der Waals surface area contributed by atoms with Crippen molar-refractivity contribution in [3.05, 3.63) is 99.1 Å². The molecule has 1 fully saturated rings. The number of non-ortho nitro benzene ring substituents is 1. The summed E-state index contributed by atoms with van der Waals surface area (Å²) in [7, 11) is 0. The number of benzene rings is 3. The standard InChI is InChI=1S/C30H31N3O6/c31-29(34)24-13-15-26(30(35)32-16-17-32)28(20-24)39-19-7-2-1-6-18-38-27-21-25(33(36)37)14-12-23(27)11-10-22-8-4-3-5-9-22/h3-5,8-15,20-21H,1-2,6-7,16-19H2,(H2,31,34). The summed E-state index contributed by atoms with van der Waals surface area (Å²) in [5.41, 5.74) is 7.88. The second kappa shape index (κ2) is 13.2. The Morgan fingerprint density at radius 2 is 1.56 bits per heavy atom. The smallest absolute Gasteiger partial charge is 0.273 e. The Kier molecular flexibility index (Phi) is 9.29. The van der Waals surface area contributed by atoms with Gasteiger partial charge in [0.25, 0.3) is 11.6 Å². The van der Waals surface area contributed by atoms with Gasteiger partial charge in [0.05, 0.1) is 29.8 Å². The lowest BCUT2D eigenvalue weighted by molar-refractivity contribution is -0.384. The average Bonchev–Trinajstić information content (AvgIpc) is 3.79. The molecule has 1 heterocycles. The Bertz CT molecular complexity index is 1350. The van der Waals surface area contributed by atoms with Gasteiger partial charge >= 0.3 is 0 Å². The molecule has 4 rings (SSSR count). The summed E-state index contributed by atoms with van der Waals surface area (Å²) in [6.07, 6.45) is 7.07. The summed E-state index contributed by atoms with van der Waals surface area (Å²) in [6.45, 7) is 2.25. The topological polar surface area (TPSA) is 125 Å². The first kappa shape index (κ1) is 27.4. The molecule has 9 heteroatoms. The molecule has 0 atom stereocenters. The van der Waals surface area contributed by atoms with Crippen molar-refractivity contribution in [2.75, 3.05) is 26.3 Å². The van der Waals surface area contributed by atoms with Crippen LogP contribution in [0, 0.1) is 10.1 Å². The lowest BCUT2D eigenvalue weighted by atomic mass is 10.1. The van der Waals surface area contributed by atoms with Crippen LogP contribution in [0.25, 0.3) is 12.2 Å². The number of primary amides is 1. The highest BCUT2D eigenvalue weighted by atomic mass is 16.6. The second-order valence-corrected chi connectivity index (χ2v) is 9.20. The van der Waals surface area contributed by atoms with Gasteiger partial charge < -0.3 is 20.1 Å². The van der Waals surface area contributed by atoms with Crippen molar-refractivity contribution >= 4 is 29.7 Å². The van der Waals surface area contributed by atoms with Crippen LogP contribution in [-0.2, 0) is 0 Å². The van der Waals surface area contributed by atoms with Crippen molar-refractivity contribution in [1.82, 2.24) is 4.90 Å². The summed E-state index contributed by atoms with van der Waals surface area (Å²) in [5.74, 6) is 0.149. The van der Waals surface area contributed by atoms with Gasteiger partial charge in [-0.1, -0.05) is 42.5 Å². The number of ether oxygens (including phenoxy) is 2. The van der Waals surface area contributed by atoms with E-state index in [1.54, 1.807) is 17.0 Å². The largest absolute Gasteiger partial charge is 0.493 e. The van der Waals surface area contributed by atoms with E-state index >= 15 is 0 Å². The summed E-state index contributed by atoms with van der Waals surface area (Å²) < 4.78 is 11.8. The molecule has 0 aromatic heterocycles. The van der Waals surface area contributed by atoms with Gasteiger partial charge in [0.1, 0.15) is 11.5 Å². The molecule has 3 aromatic rings. The van der Waals surface area contributed by atoms with Gasteiger partial charge in [-0.3, -0.25) is 19.7 Å². The Labute approximate surface area is 227 Å². The van der Waals surface area contributed by atoms with Crippen LogP contribution in [0.5, 0.6) is 11.5 Å². The van der Waals surface area contributed by atoms with E-state index in [2.05, 4.69) is 0 Å². The van der Waals surface area contributed by atoms with Gasteiger partial charge in [-0.2, -0.15) is 0 Å². The monoisotopic (exact) mass is 529 g/mol. The fourth-order valence-corrected chi connectivity index (χ4v) is 3.97. The highest BCUT2D eigenvalue weighted by Crippen LogP contribution is 2.28. The van der Waals surface area contributed by atoms with Crippen LogP contribution < -0.4 is 15.2 Å². The number of nitro groups is 1. The fourth-order valence-electron chi connectivity index (χ4n) is 3.97. The van der Waals surface area contributed by atoms with Crippen molar-refractivity contribution in [3.8, 4) is 11.5 Å². The number of unbranched alkanes of at least 4 members (excludes halogenated alkanes) is 3. The number of carbonyl (C=O) groups is 2. The third-order valence-electron chi connectivity index (χ3n) is 6.25. The third-order valence-corrected chi connectivity index (χ3v) is 6.25. The first-order valence-electron chi connectivity index (χ1n) is 12.9. The van der Waals surface area contributed by atoms with E-state index in [0.29, 0.717) is 35.8 Å². The summed E-state index contributed by atoms with van der Waals surface area (Å²) in [4.78, 5) is 36.6. The van der Waals surface area contributed by atoms with Crippen LogP contribution in [0.15, 0.2) is 66.7 Å². The Hall–Kier alpha value is -4.66. The minimum Gasteiger partial charge on any atom is -0.493 e. The maximum atomic E-state index is 12.5. The predicted molar refractivity (Wildman–Crippen MR) is 149 cm³/mol. The second-order valence-electron chi connectivity index (χ2n) is 9.20. The molecule has 1 aliphatic heterocycles. The van der Waals surface area contributed by atoms with Gasteiger partial charge in [-0.15, -0.1) is 0 Å². The normalized spacial score (nSPS) is 12.4. The molecule has 0 aliphatic carbocycles. The minimum absolute atomic E-state index is 0.0178. The van der Waals surface area contributed by atoms with Gasteiger partial charge in [0.15, 0.2) is 0 Å². The van der Waals surface area contributed by atoms with E-state index in [9.17, 15) is 19.7 Å². The van der Waals surface area contributed by atoms with E-state index in [-0.39, 0.29) is 11.6 Å². The molecule has 0 unspecified atom stereocenters. The molecule has 2 amide bonds. The molecular weight excluding hydrogens is 498 g/mol. The van der Waals surface area contributed by atoms with E-state index in [1.165, 1.54) is 24.3 Å². The van der Waals surface area contributed by atoms with E-state index in [4.69, 9.17) is 15.2 Å². The number of nitro benzene ring substituents is 1. The van der Waals surface area contributed by atoms with Crippen LogP contribution in [0.4, 0.5) is 5.69 Å². The summed E-state index contributed by atoms with van der Waals surface area (Å²) in [6, 6.07) is 19.0. The summed E-state index contributed by atoms with van der Waals surface area (Å²) in [5, 5.41) is 11.2. The molecule has 0 saturated carbocycles. The molecule has 0 radical (unpaired) electrons. The number of rotatable bonds is 14. The number of nitrogens with zero attached hydrogens (tertiary/aromatic N) is 2. The SMILES string of the molecule is NC(=O)c1ccc(C(=O)N2CC2)c(OCCCCCCOc2cc([N+](=O)[O-])ccc2C=Cc2ccccc2)c1. The number of nitrogens with two attached hydrogens (primary N) is 1. The highest BCUT2D eigenvalue weighted by Gasteiger charge is 2.28. The average molecular weight is 530 g/mol. The number of carbonyl (C=O) groups excluding carboxylic acids is 2. The van der Waals surface area contributed by atoms with Crippen LogP contribution in [0.2, 0.25) is 0 Å². The molecule has 0 bridgehead atoms. The first-order chi connectivity index (χ1) is 18.9. The van der Waals surface area contributed by atoms with Gasteiger partial charge in [-0.25, -0.2) is 0 Å². The van der Waals surface area contributed by atoms with Gasteiger partial charge in [0.2, 0.25) is 5.91 Å². The number of amides is 2. The molecule has 3 aromatic carbocycles. The lowest BCUT2D eigenvalue weighted by Gasteiger charge is -2.13. The highest BCUT2D eigenvalue weighted by molar-refractivity contribution is 6.00. The molecule has 202 valence electrons. The lowest BCUT2D eigenvalue weighted by Crippen LogP contribution is -2.16. The first-order valence-corrected chi connectivity index (χ1v) is 12.9. The van der Waals surface area contributed by atoms with E-state index < -0.39 is 10.8 Å². The van der Waals surface area contributed by atoms with Crippen molar-refractivity contribution in [2.24, 2.45) is 5.73 Å². The van der Waals surface area contributed by atoms with Crippen molar-refractivity contribution in [3.63, 3.8) is 0 Å². The van der Waals surface area contributed by atoms with E-state index in [0.717, 1.165) is 49.9 Å². The van der Waals surface area contributed by atoms with Crippen LogP contribution in [-0.4, -0.2) is 47.9 Å². The third kappa shape index (κ3) is 7.91. The summed E-state index contributed by atoms with van der Waals surface area (Å²) >= 11 is 0. The quantitative estimate of drug-likeness (QED) is 0.0988. The molecule has 2 N–H and O–H groups in total. The Morgan fingerprint density at radius 3 is 2.21 bits per heavy atom. The maximum absolute atomic E-state index is 12.5. The van der Waals surface area contributed by atoms with Crippen molar-refractivity contribution < 1.29 is 24.0 Å². The van der Waals surface area contributed by atoms with Crippen molar-refractivity contribution in [2.45, 2.75) is 25.7 Å². The zero-order valence-corrected chi connectivity index (χ0v) is 21.6. The van der Waals surface area contributed by atoms with Gasteiger partial charge in [0, 0.05) is 30.3 Å². The van der Waals surface area contributed by atoms with Crippen LogP contribution >= 0.6 is 0 Å². The van der Waals surface area contributed by atoms with Crippen LogP contribution in [0.1, 0.15) is 57.5 Å². The Morgan fingerprint density at radius 1 is 0.872 bits per heavy atom. The number of hydrogen-bond donors (Lipinski definition) is 1. The number of hydrogen-bond acceptors (Lipinski definition) is 6. The maximum Gasteiger partial charge on any atom is 0.273 e.